The molecule has 2 fully saturated rings. The fourth-order valence-electron chi connectivity index (χ4n) is 2.51. The molecule has 0 aromatic heterocycles. The van der Waals surface area contributed by atoms with Crippen molar-refractivity contribution in [3.63, 3.8) is 0 Å². The lowest BCUT2D eigenvalue weighted by Crippen LogP contribution is -2.49. The monoisotopic (exact) mass is 254 g/mol. The summed E-state index contributed by atoms with van der Waals surface area (Å²) in [7, 11) is 0. The van der Waals surface area contributed by atoms with Gasteiger partial charge in [0.15, 0.2) is 0 Å². The van der Waals surface area contributed by atoms with Gasteiger partial charge in [0, 0.05) is 26.2 Å². The highest BCUT2D eigenvalue weighted by molar-refractivity contribution is 5.76. The van der Waals surface area contributed by atoms with Crippen molar-refractivity contribution >= 4 is 12.0 Å². The summed E-state index contributed by atoms with van der Waals surface area (Å²) in [5.74, 6) is -0.492. The highest BCUT2D eigenvalue weighted by Gasteiger charge is 2.32. The molecule has 2 amide bonds. The Morgan fingerprint density at radius 1 is 1.33 bits per heavy atom. The molecule has 5 nitrogen and oxygen atoms in total. The lowest BCUT2D eigenvalue weighted by atomic mass is 9.98. The number of piperidine rings is 1. The maximum atomic E-state index is 12.3. The quantitative estimate of drug-likeness (QED) is 0.829. The van der Waals surface area contributed by atoms with E-state index in [1.807, 2.05) is 11.8 Å². The summed E-state index contributed by atoms with van der Waals surface area (Å²) in [6.45, 7) is 4.60. The number of rotatable bonds is 4. The molecule has 0 radical (unpaired) electrons. The first-order chi connectivity index (χ1) is 8.61. The lowest BCUT2D eigenvalue weighted by molar-refractivity contribution is -0.143. The maximum Gasteiger partial charge on any atom is 0.320 e. The van der Waals surface area contributed by atoms with Gasteiger partial charge in [-0.15, -0.1) is 0 Å². The Balaban J connectivity index is 1.91. The SMILES string of the molecule is CCN(CC1CC1)C(=O)N1CCC[C@H](C(=O)O)C1. The van der Waals surface area contributed by atoms with Crippen LogP contribution in [0.15, 0.2) is 0 Å². The van der Waals surface area contributed by atoms with Crippen LogP contribution in [0.1, 0.15) is 32.6 Å². The van der Waals surface area contributed by atoms with Gasteiger partial charge < -0.3 is 14.9 Å². The molecule has 2 aliphatic rings. The van der Waals surface area contributed by atoms with Crippen molar-refractivity contribution in [3.05, 3.63) is 0 Å². The highest BCUT2D eigenvalue weighted by Crippen LogP contribution is 2.30. The van der Waals surface area contributed by atoms with Crippen LogP contribution < -0.4 is 0 Å². The van der Waals surface area contributed by atoms with E-state index in [2.05, 4.69) is 0 Å². The fourth-order valence-corrected chi connectivity index (χ4v) is 2.51. The molecular weight excluding hydrogens is 232 g/mol. The van der Waals surface area contributed by atoms with Crippen molar-refractivity contribution in [1.29, 1.82) is 0 Å². The molecule has 1 saturated carbocycles. The summed E-state index contributed by atoms with van der Waals surface area (Å²) in [4.78, 5) is 26.9. The number of amides is 2. The van der Waals surface area contributed by atoms with Gasteiger partial charge in [0.25, 0.3) is 0 Å². The van der Waals surface area contributed by atoms with Crippen LogP contribution in [0.2, 0.25) is 0 Å². The summed E-state index contributed by atoms with van der Waals surface area (Å²) >= 11 is 0. The molecule has 1 atom stereocenters. The van der Waals surface area contributed by atoms with Gasteiger partial charge in [-0.05, 0) is 38.5 Å². The molecular formula is C13H22N2O3. The molecule has 1 heterocycles. The third-order valence-corrected chi connectivity index (χ3v) is 3.87. The third-order valence-electron chi connectivity index (χ3n) is 3.87. The second kappa shape index (κ2) is 5.59. The second-order valence-corrected chi connectivity index (χ2v) is 5.39. The average Bonchev–Trinajstić information content (AvgIpc) is 3.19. The molecule has 1 aliphatic carbocycles. The van der Waals surface area contributed by atoms with Gasteiger partial charge in [-0.3, -0.25) is 4.79 Å². The molecule has 1 N–H and O–H groups in total. The normalized spacial score (nSPS) is 23.8. The molecule has 18 heavy (non-hydrogen) atoms. The minimum atomic E-state index is -0.780. The Morgan fingerprint density at radius 2 is 2.06 bits per heavy atom. The minimum absolute atomic E-state index is 0.0235. The Hall–Kier alpha value is -1.26. The van der Waals surface area contributed by atoms with Crippen LogP contribution in [0.25, 0.3) is 0 Å². The molecule has 0 aromatic rings. The van der Waals surface area contributed by atoms with E-state index < -0.39 is 5.97 Å². The zero-order valence-corrected chi connectivity index (χ0v) is 11.0. The Labute approximate surface area is 108 Å². The molecule has 102 valence electrons. The van der Waals surface area contributed by atoms with Gasteiger partial charge >= 0.3 is 12.0 Å². The van der Waals surface area contributed by atoms with Crippen LogP contribution in [0, 0.1) is 11.8 Å². The van der Waals surface area contributed by atoms with Crippen LogP contribution in [0.3, 0.4) is 0 Å². The molecule has 2 rings (SSSR count). The Kier molecular flexibility index (Phi) is 4.09. The van der Waals surface area contributed by atoms with Crippen LogP contribution in [0.4, 0.5) is 4.79 Å². The van der Waals surface area contributed by atoms with Crippen molar-refractivity contribution < 1.29 is 14.7 Å². The number of urea groups is 1. The summed E-state index contributed by atoms with van der Waals surface area (Å²) in [6, 6.07) is 0.0235. The highest BCUT2D eigenvalue weighted by atomic mass is 16.4. The van der Waals surface area contributed by atoms with E-state index >= 15 is 0 Å². The maximum absolute atomic E-state index is 12.3. The van der Waals surface area contributed by atoms with Gasteiger partial charge in [0.05, 0.1) is 5.92 Å². The fraction of sp³-hybridized carbons (Fsp3) is 0.846. The van der Waals surface area contributed by atoms with Crippen LogP contribution >= 0.6 is 0 Å². The van der Waals surface area contributed by atoms with Crippen molar-refractivity contribution in [2.45, 2.75) is 32.6 Å². The smallest absolute Gasteiger partial charge is 0.320 e. The third kappa shape index (κ3) is 3.15. The van der Waals surface area contributed by atoms with Gasteiger partial charge in [-0.1, -0.05) is 0 Å². The van der Waals surface area contributed by atoms with Crippen LogP contribution in [0.5, 0.6) is 0 Å². The van der Waals surface area contributed by atoms with Crippen molar-refractivity contribution in [1.82, 2.24) is 9.80 Å². The van der Waals surface area contributed by atoms with E-state index in [4.69, 9.17) is 5.11 Å². The molecule has 1 saturated heterocycles. The first kappa shape index (κ1) is 13.2. The number of carboxylic acid groups (broad SMARTS) is 1. The summed E-state index contributed by atoms with van der Waals surface area (Å²) in [5, 5.41) is 9.04. The summed E-state index contributed by atoms with van der Waals surface area (Å²) in [5.41, 5.74) is 0. The molecule has 0 unspecified atom stereocenters. The number of aliphatic carboxylic acids is 1. The molecule has 0 aromatic carbocycles. The molecule has 0 spiro atoms. The summed E-state index contributed by atoms with van der Waals surface area (Å²) in [6.07, 6.45) is 3.93. The van der Waals surface area contributed by atoms with Gasteiger partial charge in [0.2, 0.25) is 0 Å². The minimum Gasteiger partial charge on any atom is -0.481 e. The number of carboxylic acids is 1. The second-order valence-electron chi connectivity index (χ2n) is 5.39. The van der Waals surface area contributed by atoms with Crippen LogP contribution in [-0.2, 0) is 4.79 Å². The van der Waals surface area contributed by atoms with Crippen molar-refractivity contribution in [2.24, 2.45) is 11.8 Å². The average molecular weight is 254 g/mol. The van der Waals surface area contributed by atoms with E-state index in [9.17, 15) is 9.59 Å². The van der Waals surface area contributed by atoms with Crippen molar-refractivity contribution in [3.8, 4) is 0 Å². The van der Waals surface area contributed by atoms with E-state index in [0.29, 0.717) is 32.0 Å². The topological polar surface area (TPSA) is 60.9 Å². The van der Waals surface area contributed by atoms with E-state index in [1.54, 1.807) is 4.90 Å². The largest absolute Gasteiger partial charge is 0.481 e. The van der Waals surface area contributed by atoms with E-state index in [1.165, 1.54) is 12.8 Å². The number of hydrogen-bond donors (Lipinski definition) is 1. The first-order valence-corrected chi connectivity index (χ1v) is 6.88. The molecule has 1 aliphatic heterocycles. The number of hydrogen-bond acceptors (Lipinski definition) is 2. The van der Waals surface area contributed by atoms with Crippen LogP contribution in [-0.4, -0.2) is 53.1 Å². The van der Waals surface area contributed by atoms with Gasteiger partial charge in [0.1, 0.15) is 0 Å². The molecule has 0 bridgehead atoms. The lowest BCUT2D eigenvalue weighted by Gasteiger charge is -2.35. The van der Waals surface area contributed by atoms with Gasteiger partial charge in [-0.2, -0.15) is 0 Å². The first-order valence-electron chi connectivity index (χ1n) is 6.88. The summed E-state index contributed by atoms with van der Waals surface area (Å²) < 4.78 is 0. The predicted octanol–water partition coefficient (Wildman–Crippen LogP) is 1.63. The zero-order valence-electron chi connectivity index (χ0n) is 11.0. The zero-order chi connectivity index (χ0) is 13.1. The molecule has 5 heteroatoms. The van der Waals surface area contributed by atoms with Crippen molar-refractivity contribution in [2.75, 3.05) is 26.2 Å². The standard InChI is InChI=1S/C13H22N2O3/c1-2-14(8-10-5-6-10)13(18)15-7-3-4-11(9-15)12(16)17/h10-11H,2-9H2,1H3,(H,16,17)/t11-/m0/s1. The number of carbonyl (C=O) groups is 2. The Morgan fingerprint density at radius 3 is 2.61 bits per heavy atom. The van der Waals surface area contributed by atoms with Gasteiger partial charge in [-0.25, -0.2) is 4.79 Å². The van der Waals surface area contributed by atoms with E-state index in [0.717, 1.165) is 13.0 Å². The number of likely N-dealkylation sites (tertiary alicyclic amines) is 1. The predicted molar refractivity (Wildman–Crippen MR) is 67.3 cm³/mol. The Bertz CT molecular complexity index is 328. The number of nitrogens with zero attached hydrogens (tertiary/aromatic N) is 2. The van der Waals surface area contributed by atoms with E-state index in [-0.39, 0.29) is 11.9 Å². The number of carbonyl (C=O) groups excluding carboxylic acids is 1.